The molecule has 2 atom stereocenters. The zero-order chi connectivity index (χ0) is 22.7. The van der Waals surface area contributed by atoms with Gasteiger partial charge in [-0.3, -0.25) is 9.59 Å². The normalized spacial score (nSPS) is 21.4. The number of rotatable bonds is 5. The first kappa shape index (κ1) is 22.3. The summed E-state index contributed by atoms with van der Waals surface area (Å²) in [5.41, 5.74) is 2.24. The van der Waals surface area contributed by atoms with E-state index in [0.29, 0.717) is 30.6 Å². The van der Waals surface area contributed by atoms with Crippen LogP contribution in [-0.4, -0.2) is 30.4 Å². The molecule has 0 radical (unpaired) electrons. The third-order valence-electron chi connectivity index (χ3n) is 6.86. The predicted octanol–water partition coefficient (Wildman–Crippen LogP) is 5.25. The third kappa shape index (κ3) is 4.79. The highest BCUT2D eigenvalue weighted by molar-refractivity contribution is 5.93. The van der Waals surface area contributed by atoms with Crippen molar-refractivity contribution >= 4 is 17.5 Å². The molecule has 2 amide bonds. The van der Waals surface area contributed by atoms with E-state index < -0.39 is 0 Å². The van der Waals surface area contributed by atoms with E-state index in [9.17, 15) is 14.0 Å². The molecule has 1 heterocycles. The zero-order valence-corrected chi connectivity index (χ0v) is 18.8. The first-order valence-electron chi connectivity index (χ1n) is 11.5. The average Bonchev–Trinajstić information content (AvgIpc) is 3.35. The molecular weight excluding hydrogens is 407 g/mol. The van der Waals surface area contributed by atoms with Crippen molar-refractivity contribution < 1.29 is 18.7 Å². The smallest absolute Gasteiger partial charge is 0.229 e. The Morgan fingerprint density at radius 1 is 1.00 bits per heavy atom. The van der Waals surface area contributed by atoms with Crippen LogP contribution in [0.4, 0.5) is 10.1 Å². The van der Waals surface area contributed by atoms with E-state index in [1.807, 2.05) is 23.1 Å². The van der Waals surface area contributed by atoms with E-state index in [1.165, 1.54) is 6.07 Å². The second-order valence-electron chi connectivity index (χ2n) is 8.99. The minimum atomic E-state index is -0.278. The maximum atomic E-state index is 13.8. The number of carbonyl (C=O) groups is 2. The third-order valence-corrected chi connectivity index (χ3v) is 6.86. The molecule has 0 spiro atoms. The molecular formula is C26H31FN2O3. The first-order chi connectivity index (χ1) is 15.5. The van der Waals surface area contributed by atoms with Crippen LogP contribution in [0.2, 0.25) is 0 Å². The topological polar surface area (TPSA) is 58.6 Å². The molecule has 1 saturated carbocycles. The molecule has 2 unspecified atom stereocenters. The lowest BCUT2D eigenvalue weighted by molar-refractivity contribution is -0.141. The molecule has 2 aromatic carbocycles. The second-order valence-corrected chi connectivity index (χ2v) is 8.99. The van der Waals surface area contributed by atoms with Gasteiger partial charge in [-0.05, 0) is 74.1 Å². The Kier molecular flexibility index (Phi) is 6.77. The van der Waals surface area contributed by atoms with Crippen LogP contribution < -0.4 is 10.1 Å². The van der Waals surface area contributed by atoms with Crippen molar-refractivity contribution in [2.45, 2.75) is 51.5 Å². The Morgan fingerprint density at radius 2 is 1.72 bits per heavy atom. The molecule has 0 aromatic heterocycles. The van der Waals surface area contributed by atoms with Crippen LogP contribution in [-0.2, 0) is 9.59 Å². The number of piperidine rings is 1. The number of hydrogen-bond acceptors (Lipinski definition) is 3. The standard InChI is InChI=1S/C26H31FN2O3/c1-17-15-19(7-13-23(17)27)24-14-8-20(16-29(24)26(31)18-5-3-4-6-18)25(30)28-21-9-11-22(32-2)12-10-21/h7,9-13,15,18,20,24H,3-6,8,14,16H2,1-2H3,(H,28,30). The largest absolute Gasteiger partial charge is 0.497 e. The maximum absolute atomic E-state index is 13.8. The van der Waals surface area contributed by atoms with Crippen LogP contribution in [0.3, 0.4) is 0 Å². The van der Waals surface area contributed by atoms with Crippen LogP contribution in [0.1, 0.15) is 55.7 Å². The van der Waals surface area contributed by atoms with Crippen LogP contribution in [0.25, 0.3) is 0 Å². The number of ether oxygens (including phenoxy) is 1. The number of likely N-dealkylation sites (tertiary alicyclic amines) is 1. The number of benzene rings is 2. The molecule has 32 heavy (non-hydrogen) atoms. The van der Waals surface area contributed by atoms with Gasteiger partial charge in [0.05, 0.1) is 19.1 Å². The lowest BCUT2D eigenvalue weighted by atomic mass is 9.86. The van der Waals surface area contributed by atoms with E-state index in [1.54, 1.807) is 32.2 Å². The summed E-state index contributed by atoms with van der Waals surface area (Å²) in [6.07, 6.45) is 5.33. The van der Waals surface area contributed by atoms with Gasteiger partial charge < -0.3 is 15.0 Å². The van der Waals surface area contributed by atoms with Crippen molar-refractivity contribution in [2.75, 3.05) is 19.0 Å². The lowest BCUT2D eigenvalue weighted by Crippen LogP contribution is -2.47. The number of nitrogens with one attached hydrogen (secondary N) is 1. The summed E-state index contributed by atoms with van der Waals surface area (Å²) >= 11 is 0. The maximum Gasteiger partial charge on any atom is 0.229 e. The number of hydrogen-bond donors (Lipinski definition) is 1. The van der Waals surface area contributed by atoms with Crippen molar-refractivity contribution in [2.24, 2.45) is 11.8 Å². The van der Waals surface area contributed by atoms with Crippen molar-refractivity contribution in [3.8, 4) is 5.75 Å². The Bertz CT molecular complexity index is 970. The van der Waals surface area contributed by atoms with Gasteiger partial charge in [0.15, 0.2) is 0 Å². The zero-order valence-electron chi connectivity index (χ0n) is 18.8. The first-order valence-corrected chi connectivity index (χ1v) is 11.5. The molecule has 170 valence electrons. The fourth-order valence-corrected chi connectivity index (χ4v) is 4.98. The molecule has 6 heteroatoms. The lowest BCUT2D eigenvalue weighted by Gasteiger charge is -2.41. The van der Waals surface area contributed by atoms with Gasteiger partial charge in [-0.1, -0.05) is 25.0 Å². The van der Waals surface area contributed by atoms with Crippen molar-refractivity contribution in [3.63, 3.8) is 0 Å². The van der Waals surface area contributed by atoms with Crippen LogP contribution in [0.15, 0.2) is 42.5 Å². The molecule has 4 rings (SSSR count). The SMILES string of the molecule is COc1ccc(NC(=O)C2CCC(c3ccc(F)c(C)c3)N(C(=O)C3CCCC3)C2)cc1. The van der Waals surface area contributed by atoms with E-state index in [-0.39, 0.29) is 35.5 Å². The number of halogens is 1. The summed E-state index contributed by atoms with van der Waals surface area (Å²) in [7, 11) is 1.60. The minimum Gasteiger partial charge on any atom is -0.497 e. The van der Waals surface area contributed by atoms with E-state index in [2.05, 4.69) is 5.32 Å². The van der Waals surface area contributed by atoms with Gasteiger partial charge in [0, 0.05) is 18.2 Å². The minimum absolute atomic E-state index is 0.0300. The van der Waals surface area contributed by atoms with E-state index in [0.717, 1.165) is 37.0 Å². The van der Waals surface area contributed by atoms with Gasteiger partial charge in [-0.15, -0.1) is 0 Å². The number of aryl methyl sites for hydroxylation is 1. The molecule has 1 aliphatic heterocycles. The monoisotopic (exact) mass is 438 g/mol. The average molecular weight is 439 g/mol. The van der Waals surface area contributed by atoms with Gasteiger partial charge >= 0.3 is 0 Å². The number of methoxy groups -OCH3 is 1. The van der Waals surface area contributed by atoms with Crippen LogP contribution >= 0.6 is 0 Å². The fraction of sp³-hybridized carbons (Fsp3) is 0.462. The molecule has 0 bridgehead atoms. The molecule has 2 aromatic rings. The Labute approximate surface area is 188 Å². The summed E-state index contributed by atoms with van der Waals surface area (Å²) in [5.74, 6) is 0.300. The second kappa shape index (κ2) is 9.72. The summed E-state index contributed by atoms with van der Waals surface area (Å²) in [5, 5.41) is 2.98. The van der Waals surface area contributed by atoms with Gasteiger partial charge in [-0.25, -0.2) is 4.39 Å². The summed E-state index contributed by atoms with van der Waals surface area (Å²) in [6, 6.07) is 12.2. The highest BCUT2D eigenvalue weighted by Crippen LogP contribution is 2.38. The summed E-state index contributed by atoms with van der Waals surface area (Å²) in [6.45, 7) is 2.13. The van der Waals surface area contributed by atoms with Crippen molar-refractivity contribution in [3.05, 3.63) is 59.4 Å². The van der Waals surface area contributed by atoms with E-state index in [4.69, 9.17) is 4.74 Å². The Morgan fingerprint density at radius 3 is 2.38 bits per heavy atom. The van der Waals surface area contributed by atoms with Gasteiger partial charge in [0.25, 0.3) is 0 Å². The summed E-state index contributed by atoms with van der Waals surface area (Å²) < 4.78 is 19.0. The fourth-order valence-electron chi connectivity index (χ4n) is 4.98. The molecule has 1 aliphatic carbocycles. The number of nitrogens with zero attached hydrogens (tertiary/aromatic N) is 1. The number of amides is 2. The quantitative estimate of drug-likeness (QED) is 0.694. The van der Waals surface area contributed by atoms with Crippen LogP contribution in [0, 0.1) is 24.6 Å². The Balaban J connectivity index is 1.52. The van der Waals surface area contributed by atoms with E-state index >= 15 is 0 Å². The number of anilines is 1. The highest BCUT2D eigenvalue weighted by Gasteiger charge is 2.38. The van der Waals surface area contributed by atoms with Crippen molar-refractivity contribution in [1.82, 2.24) is 4.90 Å². The molecule has 2 fully saturated rings. The number of carbonyl (C=O) groups excluding carboxylic acids is 2. The molecule has 2 aliphatic rings. The predicted molar refractivity (Wildman–Crippen MR) is 122 cm³/mol. The molecule has 1 N–H and O–H groups in total. The van der Waals surface area contributed by atoms with Crippen LogP contribution in [0.5, 0.6) is 5.75 Å². The Hall–Kier alpha value is -2.89. The molecule has 5 nitrogen and oxygen atoms in total. The van der Waals surface area contributed by atoms with Crippen molar-refractivity contribution in [1.29, 1.82) is 0 Å². The van der Waals surface area contributed by atoms with Gasteiger partial charge in [-0.2, -0.15) is 0 Å². The highest BCUT2D eigenvalue weighted by atomic mass is 19.1. The van der Waals surface area contributed by atoms with Gasteiger partial charge in [0.2, 0.25) is 11.8 Å². The molecule has 1 saturated heterocycles. The summed E-state index contributed by atoms with van der Waals surface area (Å²) in [4.78, 5) is 28.4. The van der Waals surface area contributed by atoms with Gasteiger partial charge in [0.1, 0.15) is 11.6 Å².